The summed E-state index contributed by atoms with van der Waals surface area (Å²) in [6.07, 6.45) is 5.19. The fourth-order valence-electron chi connectivity index (χ4n) is 3.54. The Morgan fingerprint density at radius 1 is 1.18 bits per heavy atom. The van der Waals surface area contributed by atoms with E-state index in [1.54, 1.807) is 17.9 Å². The molecule has 4 aromatic rings. The molecule has 1 saturated carbocycles. The predicted octanol–water partition coefficient (Wildman–Crippen LogP) is 3.27. The first-order valence-corrected chi connectivity index (χ1v) is 9.31. The fourth-order valence-corrected chi connectivity index (χ4v) is 3.54. The van der Waals surface area contributed by atoms with Gasteiger partial charge >= 0.3 is 0 Å². The van der Waals surface area contributed by atoms with Gasteiger partial charge in [-0.2, -0.15) is 10.1 Å². The number of aromatic nitrogens is 6. The van der Waals surface area contributed by atoms with E-state index in [-0.39, 0.29) is 11.9 Å². The molecule has 1 aliphatic carbocycles. The summed E-state index contributed by atoms with van der Waals surface area (Å²) in [5.74, 6) is 0.888. The van der Waals surface area contributed by atoms with Crippen LogP contribution in [-0.4, -0.2) is 35.9 Å². The number of aromatic amines is 1. The standard InChI is InChI=1S/C20H19N7O/c1-27-17(14(11-21-27)12-6-4-7-12)19(28)24-20-23-18(25-26-20)16-10-9-13-5-2-3-8-15(13)22-16/h2-3,5,8-12H,4,6-7H2,1H3,(H2,23,24,25,26,28). The summed E-state index contributed by atoms with van der Waals surface area (Å²) in [6.45, 7) is 0. The average Bonchev–Trinajstić information content (AvgIpc) is 3.27. The molecule has 0 unspecified atom stereocenters. The van der Waals surface area contributed by atoms with Crippen molar-refractivity contribution in [3.8, 4) is 11.5 Å². The van der Waals surface area contributed by atoms with Crippen molar-refractivity contribution in [1.29, 1.82) is 0 Å². The lowest BCUT2D eigenvalue weighted by molar-refractivity contribution is 0.101. The lowest BCUT2D eigenvalue weighted by Gasteiger charge is -2.25. The van der Waals surface area contributed by atoms with Crippen LogP contribution in [0, 0.1) is 0 Å². The molecule has 8 heteroatoms. The monoisotopic (exact) mass is 373 g/mol. The molecule has 1 aliphatic rings. The Labute approximate surface area is 161 Å². The smallest absolute Gasteiger partial charge is 0.276 e. The number of nitrogens with one attached hydrogen (secondary N) is 2. The summed E-state index contributed by atoms with van der Waals surface area (Å²) < 4.78 is 1.61. The second kappa shape index (κ2) is 6.56. The van der Waals surface area contributed by atoms with Crippen LogP contribution in [0.1, 0.15) is 41.2 Å². The molecule has 1 amide bonds. The number of benzene rings is 1. The molecule has 0 spiro atoms. The normalized spacial score (nSPS) is 14.2. The highest BCUT2D eigenvalue weighted by atomic mass is 16.2. The molecule has 3 heterocycles. The van der Waals surface area contributed by atoms with E-state index in [4.69, 9.17) is 0 Å². The summed E-state index contributed by atoms with van der Waals surface area (Å²) in [4.78, 5) is 21.8. The van der Waals surface area contributed by atoms with E-state index in [0.29, 0.717) is 23.1 Å². The number of rotatable bonds is 4. The zero-order valence-corrected chi connectivity index (χ0v) is 15.4. The van der Waals surface area contributed by atoms with E-state index in [2.05, 4.69) is 30.6 Å². The molecule has 0 bridgehead atoms. The van der Waals surface area contributed by atoms with E-state index in [1.165, 1.54) is 6.42 Å². The number of amides is 1. The van der Waals surface area contributed by atoms with Gasteiger partial charge in [0.25, 0.3) is 5.91 Å². The number of para-hydroxylation sites is 1. The van der Waals surface area contributed by atoms with Crippen molar-refractivity contribution in [3.05, 3.63) is 53.9 Å². The number of anilines is 1. The van der Waals surface area contributed by atoms with Gasteiger partial charge in [0.05, 0.1) is 11.7 Å². The fraction of sp³-hybridized carbons (Fsp3) is 0.250. The van der Waals surface area contributed by atoms with Crippen molar-refractivity contribution in [2.75, 3.05) is 5.32 Å². The van der Waals surface area contributed by atoms with Gasteiger partial charge in [0.15, 0.2) is 5.82 Å². The van der Waals surface area contributed by atoms with Crippen LogP contribution in [0.5, 0.6) is 0 Å². The van der Waals surface area contributed by atoms with Gasteiger partial charge in [-0.3, -0.25) is 19.9 Å². The van der Waals surface area contributed by atoms with Crippen molar-refractivity contribution in [3.63, 3.8) is 0 Å². The molecular weight excluding hydrogens is 354 g/mol. The molecule has 0 radical (unpaired) electrons. The van der Waals surface area contributed by atoms with Gasteiger partial charge in [0, 0.05) is 18.0 Å². The number of carbonyl (C=O) groups is 1. The molecule has 28 heavy (non-hydrogen) atoms. The third-order valence-electron chi connectivity index (χ3n) is 5.28. The lowest BCUT2D eigenvalue weighted by Crippen LogP contribution is -2.21. The second-order valence-corrected chi connectivity index (χ2v) is 7.05. The Morgan fingerprint density at radius 3 is 2.86 bits per heavy atom. The Morgan fingerprint density at radius 2 is 2.04 bits per heavy atom. The van der Waals surface area contributed by atoms with Crippen molar-refractivity contribution in [1.82, 2.24) is 29.9 Å². The van der Waals surface area contributed by atoms with Crippen LogP contribution in [0.3, 0.4) is 0 Å². The quantitative estimate of drug-likeness (QED) is 0.572. The van der Waals surface area contributed by atoms with Gasteiger partial charge in [-0.05, 0) is 30.9 Å². The van der Waals surface area contributed by atoms with E-state index < -0.39 is 0 Å². The number of nitrogens with zero attached hydrogens (tertiary/aromatic N) is 5. The van der Waals surface area contributed by atoms with Crippen LogP contribution in [0.15, 0.2) is 42.6 Å². The topological polar surface area (TPSA) is 101 Å². The first kappa shape index (κ1) is 16.6. The molecule has 2 N–H and O–H groups in total. The van der Waals surface area contributed by atoms with Crippen molar-refractivity contribution < 1.29 is 4.79 Å². The molecular formula is C20H19N7O. The Balaban J connectivity index is 1.39. The number of fused-ring (bicyclic) bond motifs is 1. The summed E-state index contributed by atoms with van der Waals surface area (Å²) in [5.41, 5.74) is 3.11. The van der Waals surface area contributed by atoms with Crippen molar-refractivity contribution in [2.45, 2.75) is 25.2 Å². The maximum absolute atomic E-state index is 12.8. The SMILES string of the molecule is Cn1ncc(C2CCC2)c1C(=O)Nc1n[nH]c(-c2ccc3ccccc3n2)n1. The van der Waals surface area contributed by atoms with Gasteiger partial charge in [-0.25, -0.2) is 4.98 Å². The zero-order valence-electron chi connectivity index (χ0n) is 15.4. The third kappa shape index (κ3) is 2.83. The number of carbonyl (C=O) groups excluding carboxylic acids is 1. The molecule has 1 aromatic carbocycles. The maximum atomic E-state index is 12.8. The van der Waals surface area contributed by atoms with E-state index in [9.17, 15) is 4.79 Å². The number of hydrogen-bond donors (Lipinski definition) is 2. The zero-order chi connectivity index (χ0) is 19.1. The summed E-state index contributed by atoms with van der Waals surface area (Å²) >= 11 is 0. The van der Waals surface area contributed by atoms with Crippen LogP contribution in [0.25, 0.3) is 22.4 Å². The number of pyridine rings is 1. The molecule has 0 atom stereocenters. The Hall–Kier alpha value is -3.55. The largest absolute Gasteiger partial charge is 0.288 e. The van der Waals surface area contributed by atoms with Crippen molar-refractivity contribution >= 4 is 22.8 Å². The Kier molecular flexibility index (Phi) is 3.89. The van der Waals surface area contributed by atoms with Gasteiger partial charge in [0.1, 0.15) is 11.4 Å². The lowest BCUT2D eigenvalue weighted by atomic mass is 9.80. The molecule has 5 rings (SSSR count). The van der Waals surface area contributed by atoms with E-state index in [1.807, 2.05) is 36.4 Å². The van der Waals surface area contributed by atoms with E-state index in [0.717, 1.165) is 29.3 Å². The van der Waals surface area contributed by atoms with Crippen LogP contribution >= 0.6 is 0 Å². The average molecular weight is 373 g/mol. The van der Waals surface area contributed by atoms with Crippen LogP contribution in [-0.2, 0) is 7.05 Å². The van der Waals surface area contributed by atoms with Crippen molar-refractivity contribution in [2.24, 2.45) is 7.05 Å². The van der Waals surface area contributed by atoms with Crippen LogP contribution < -0.4 is 5.32 Å². The molecule has 0 aliphatic heterocycles. The minimum Gasteiger partial charge on any atom is -0.288 e. The van der Waals surface area contributed by atoms with Gasteiger partial charge in [-0.15, -0.1) is 5.10 Å². The summed E-state index contributed by atoms with van der Waals surface area (Å²) in [5, 5.41) is 15.1. The number of hydrogen-bond acceptors (Lipinski definition) is 5. The molecule has 3 aromatic heterocycles. The minimum absolute atomic E-state index is 0.218. The van der Waals surface area contributed by atoms with E-state index >= 15 is 0 Å². The number of H-pyrrole nitrogens is 1. The first-order valence-electron chi connectivity index (χ1n) is 9.31. The Bertz CT molecular complexity index is 1170. The van der Waals surface area contributed by atoms with Gasteiger partial charge in [-0.1, -0.05) is 30.7 Å². The predicted molar refractivity (Wildman–Crippen MR) is 105 cm³/mol. The summed E-state index contributed by atoms with van der Waals surface area (Å²) in [7, 11) is 1.78. The molecule has 8 nitrogen and oxygen atoms in total. The van der Waals surface area contributed by atoms with Crippen LogP contribution in [0.2, 0.25) is 0 Å². The molecule has 140 valence electrons. The highest BCUT2D eigenvalue weighted by Crippen LogP contribution is 2.37. The first-order chi connectivity index (χ1) is 13.7. The highest BCUT2D eigenvalue weighted by molar-refractivity contribution is 6.03. The number of aryl methyl sites for hydroxylation is 1. The maximum Gasteiger partial charge on any atom is 0.276 e. The molecule has 1 fully saturated rings. The minimum atomic E-state index is -0.251. The molecule has 0 saturated heterocycles. The summed E-state index contributed by atoms with van der Waals surface area (Å²) in [6, 6.07) is 11.7. The van der Waals surface area contributed by atoms with Crippen LogP contribution in [0.4, 0.5) is 5.95 Å². The third-order valence-corrected chi connectivity index (χ3v) is 5.28. The van der Waals surface area contributed by atoms with Gasteiger partial charge < -0.3 is 0 Å². The second-order valence-electron chi connectivity index (χ2n) is 7.05. The van der Waals surface area contributed by atoms with Gasteiger partial charge in [0.2, 0.25) is 5.95 Å². The highest BCUT2D eigenvalue weighted by Gasteiger charge is 2.28.